The summed E-state index contributed by atoms with van der Waals surface area (Å²) in [6.07, 6.45) is 3.69. The number of carbonyl (C=O) groups is 1. The number of rotatable bonds is 7. The number of methoxy groups -OCH3 is 1. The van der Waals surface area contributed by atoms with E-state index in [1.807, 2.05) is 18.2 Å². The van der Waals surface area contributed by atoms with E-state index >= 15 is 0 Å². The number of hydrogen-bond acceptors (Lipinski definition) is 5. The lowest BCUT2D eigenvalue weighted by Crippen LogP contribution is -2.22. The normalized spacial score (nSPS) is 15.1. The number of hydrogen-bond donors (Lipinski definition) is 0. The zero-order valence-corrected chi connectivity index (χ0v) is 16.2. The molecule has 0 saturated carbocycles. The second-order valence-corrected chi connectivity index (χ2v) is 6.38. The fourth-order valence-electron chi connectivity index (χ4n) is 2.32. The zero-order valence-electron chi connectivity index (χ0n) is 14.1. The number of carbonyl (C=O) groups excluding carboxylic acids is 1. The first-order valence-electron chi connectivity index (χ1n) is 7.59. The Morgan fingerprint density at radius 3 is 2.88 bits per heavy atom. The van der Waals surface area contributed by atoms with Crippen LogP contribution in [-0.4, -0.2) is 36.9 Å². The third kappa shape index (κ3) is 4.39. The lowest BCUT2D eigenvalue weighted by Gasteiger charge is -2.13. The third-order valence-corrected chi connectivity index (χ3v) is 4.27. The number of benzene rings is 1. The minimum atomic E-state index is -0.200. The molecule has 25 heavy (non-hydrogen) atoms. The van der Waals surface area contributed by atoms with Gasteiger partial charge in [0, 0.05) is 0 Å². The van der Waals surface area contributed by atoms with Gasteiger partial charge in [-0.25, -0.2) is 5.01 Å². The largest absolute Gasteiger partial charge is 0.493 e. The van der Waals surface area contributed by atoms with Gasteiger partial charge in [0.25, 0.3) is 5.91 Å². The lowest BCUT2D eigenvalue weighted by atomic mass is 10.1. The number of nitrogens with zero attached hydrogens (tertiary/aromatic N) is 3. The van der Waals surface area contributed by atoms with E-state index in [2.05, 4.69) is 34.3 Å². The van der Waals surface area contributed by atoms with Crippen molar-refractivity contribution in [1.29, 1.82) is 5.26 Å². The molecule has 2 rings (SSSR count). The molecule has 1 amide bonds. The Hall–Kier alpha value is -2.34. The second-order valence-electron chi connectivity index (χ2n) is 5.21. The highest BCUT2D eigenvalue weighted by Crippen LogP contribution is 2.35. The number of nitriles is 1. The van der Waals surface area contributed by atoms with E-state index in [1.165, 1.54) is 5.01 Å². The molecule has 0 radical (unpaired) electrons. The molecule has 0 aromatic heterocycles. The van der Waals surface area contributed by atoms with Gasteiger partial charge in [-0.3, -0.25) is 4.79 Å². The topological polar surface area (TPSA) is 74.9 Å². The Balaban J connectivity index is 2.33. The van der Waals surface area contributed by atoms with E-state index in [0.29, 0.717) is 35.9 Å². The second kappa shape index (κ2) is 8.67. The molecule has 0 unspecified atom stereocenters. The van der Waals surface area contributed by atoms with E-state index in [4.69, 9.17) is 14.7 Å². The lowest BCUT2D eigenvalue weighted by molar-refractivity contribution is -0.125. The number of hydrazone groups is 1. The summed E-state index contributed by atoms with van der Waals surface area (Å²) in [5.41, 5.74) is 1.95. The van der Waals surface area contributed by atoms with Crippen molar-refractivity contribution >= 4 is 40.3 Å². The highest BCUT2D eigenvalue weighted by molar-refractivity contribution is 14.1. The quantitative estimate of drug-likeness (QED) is 0.362. The average molecular weight is 451 g/mol. The van der Waals surface area contributed by atoms with Gasteiger partial charge >= 0.3 is 0 Å². The van der Waals surface area contributed by atoms with Crippen LogP contribution in [0.2, 0.25) is 0 Å². The first-order valence-corrected chi connectivity index (χ1v) is 8.67. The zero-order chi connectivity index (χ0) is 18.4. The van der Waals surface area contributed by atoms with Crippen LogP contribution < -0.4 is 9.47 Å². The van der Waals surface area contributed by atoms with Gasteiger partial charge in [-0.05, 0) is 53.3 Å². The van der Waals surface area contributed by atoms with Gasteiger partial charge in [0.05, 0.1) is 41.0 Å². The van der Waals surface area contributed by atoms with Gasteiger partial charge in [-0.1, -0.05) is 12.7 Å². The monoisotopic (exact) mass is 451 g/mol. The Bertz CT molecular complexity index is 793. The smallest absolute Gasteiger partial charge is 0.275 e. The van der Waals surface area contributed by atoms with Gasteiger partial charge in [0.1, 0.15) is 6.61 Å². The molecule has 1 aromatic rings. The molecule has 0 bridgehead atoms. The molecular formula is C18H18IN3O3. The van der Waals surface area contributed by atoms with Gasteiger partial charge in [-0.15, -0.1) is 0 Å². The summed E-state index contributed by atoms with van der Waals surface area (Å²) < 4.78 is 11.9. The molecule has 130 valence electrons. The molecule has 0 N–H and O–H groups in total. The van der Waals surface area contributed by atoms with E-state index in [1.54, 1.807) is 26.2 Å². The van der Waals surface area contributed by atoms with Crippen molar-refractivity contribution < 1.29 is 14.3 Å². The summed E-state index contributed by atoms with van der Waals surface area (Å²) in [4.78, 5) is 12.4. The molecular weight excluding hydrogens is 433 g/mol. The van der Waals surface area contributed by atoms with Gasteiger partial charge < -0.3 is 9.47 Å². The fraction of sp³-hybridized carbons (Fsp3) is 0.278. The van der Waals surface area contributed by atoms with E-state index in [0.717, 1.165) is 9.13 Å². The molecule has 6 nitrogen and oxygen atoms in total. The number of ether oxygens (including phenoxy) is 2. The summed E-state index contributed by atoms with van der Waals surface area (Å²) in [5, 5.41) is 14.2. The van der Waals surface area contributed by atoms with Crippen LogP contribution in [0.3, 0.4) is 0 Å². The fourth-order valence-corrected chi connectivity index (χ4v) is 3.10. The van der Waals surface area contributed by atoms with Crippen LogP contribution in [0.1, 0.15) is 18.9 Å². The summed E-state index contributed by atoms with van der Waals surface area (Å²) in [6, 6.07) is 5.74. The highest BCUT2D eigenvalue weighted by atomic mass is 127. The van der Waals surface area contributed by atoms with Crippen molar-refractivity contribution in [2.45, 2.75) is 13.3 Å². The number of amides is 1. The molecule has 7 heteroatoms. The maximum absolute atomic E-state index is 12.4. The molecule has 0 saturated heterocycles. The molecule has 0 atom stereocenters. The summed E-state index contributed by atoms with van der Waals surface area (Å²) in [6.45, 7) is 6.09. The number of halogens is 1. The first kappa shape index (κ1) is 19.0. The van der Waals surface area contributed by atoms with Crippen molar-refractivity contribution in [3.05, 3.63) is 39.5 Å². The SMILES string of the molecule is C=CCOc1c(I)cc(/C=C2\C(=O)N(CCC#N)N=C2C)cc1OC. The molecule has 0 spiro atoms. The van der Waals surface area contributed by atoms with Crippen LogP contribution in [-0.2, 0) is 4.79 Å². The first-order chi connectivity index (χ1) is 12.0. The van der Waals surface area contributed by atoms with Crippen LogP contribution >= 0.6 is 22.6 Å². The minimum Gasteiger partial charge on any atom is -0.493 e. The van der Waals surface area contributed by atoms with Crippen LogP contribution in [0.4, 0.5) is 0 Å². The molecule has 0 fully saturated rings. The predicted octanol–water partition coefficient (Wildman–Crippen LogP) is 3.38. The van der Waals surface area contributed by atoms with Crippen LogP contribution in [0.5, 0.6) is 11.5 Å². The predicted molar refractivity (Wildman–Crippen MR) is 104 cm³/mol. The maximum atomic E-state index is 12.4. The van der Waals surface area contributed by atoms with E-state index in [-0.39, 0.29) is 12.3 Å². The highest BCUT2D eigenvalue weighted by Gasteiger charge is 2.27. The van der Waals surface area contributed by atoms with Crippen LogP contribution in [0.25, 0.3) is 6.08 Å². The van der Waals surface area contributed by atoms with Gasteiger partial charge in [0.2, 0.25) is 0 Å². The standard InChI is InChI=1S/C18H18IN3O3/c1-4-8-25-17-15(19)10-13(11-16(17)24-3)9-14-12(2)21-22(18(14)23)7-5-6-20/h4,9-11H,1,5,7-8H2,2-3H3/b14-9-. The summed E-state index contributed by atoms with van der Waals surface area (Å²) >= 11 is 2.16. The minimum absolute atomic E-state index is 0.200. The summed E-state index contributed by atoms with van der Waals surface area (Å²) in [5.74, 6) is 1.03. The van der Waals surface area contributed by atoms with Gasteiger partial charge in [0.15, 0.2) is 11.5 Å². The Morgan fingerprint density at radius 2 is 2.24 bits per heavy atom. The van der Waals surface area contributed by atoms with Crippen LogP contribution in [0.15, 0.2) is 35.5 Å². The van der Waals surface area contributed by atoms with Crippen molar-refractivity contribution in [3.8, 4) is 17.6 Å². The van der Waals surface area contributed by atoms with Crippen molar-refractivity contribution in [1.82, 2.24) is 5.01 Å². The van der Waals surface area contributed by atoms with Crippen LogP contribution in [0, 0.1) is 14.9 Å². The van der Waals surface area contributed by atoms with Crippen molar-refractivity contribution in [2.75, 3.05) is 20.3 Å². The Labute approximate surface area is 160 Å². The molecule has 1 heterocycles. The molecule has 1 aliphatic rings. The van der Waals surface area contributed by atoms with E-state index in [9.17, 15) is 4.79 Å². The van der Waals surface area contributed by atoms with Crippen molar-refractivity contribution in [3.63, 3.8) is 0 Å². The molecule has 0 aliphatic carbocycles. The third-order valence-electron chi connectivity index (χ3n) is 3.47. The van der Waals surface area contributed by atoms with Crippen molar-refractivity contribution in [2.24, 2.45) is 5.10 Å². The average Bonchev–Trinajstić information content (AvgIpc) is 2.86. The molecule has 1 aliphatic heterocycles. The maximum Gasteiger partial charge on any atom is 0.275 e. The Kier molecular flexibility index (Phi) is 6.58. The Morgan fingerprint density at radius 1 is 1.48 bits per heavy atom. The van der Waals surface area contributed by atoms with E-state index < -0.39 is 0 Å². The molecule has 1 aromatic carbocycles. The summed E-state index contributed by atoms with van der Waals surface area (Å²) in [7, 11) is 1.57. The van der Waals surface area contributed by atoms with Gasteiger partial charge in [-0.2, -0.15) is 10.4 Å².